The van der Waals surface area contributed by atoms with Crippen molar-refractivity contribution in [1.82, 2.24) is 15.0 Å². The van der Waals surface area contributed by atoms with Crippen LogP contribution in [0.15, 0.2) is 47.3 Å². The lowest BCUT2D eigenvalue weighted by molar-refractivity contribution is -0.121. The van der Waals surface area contributed by atoms with E-state index in [1.165, 1.54) is 4.57 Å². The van der Waals surface area contributed by atoms with Crippen molar-refractivity contribution in [3.63, 3.8) is 0 Å². The molecule has 0 atom stereocenters. The van der Waals surface area contributed by atoms with E-state index in [4.69, 9.17) is 4.74 Å². The number of benzene rings is 2. The fourth-order valence-corrected chi connectivity index (χ4v) is 2.96. The average molecular weight is 380 g/mol. The summed E-state index contributed by atoms with van der Waals surface area (Å²) >= 11 is 0. The lowest BCUT2D eigenvalue weighted by atomic mass is 10.1. The number of para-hydroxylation sites is 1. The molecule has 0 spiro atoms. The van der Waals surface area contributed by atoms with E-state index in [1.807, 2.05) is 45.0 Å². The predicted octanol–water partition coefficient (Wildman–Crippen LogP) is 2.95. The largest absolute Gasteiger partial charge is 0.493 e. The summed E-state index contributed by atoms with van der Waals surface area (Å²) in [5.41, 5.74) is 7.97. The molecular formula is C21H24N4O3. The fourth-order valence-electron chi connectivity index (χ4n) is 2.96. The number of nitrogens with one attached hydrogen (secondary N) is 2. The zero-order valence-electron chi connectivity index (χ0n) is 16.3. The summed E-state index contributed by atoms with van der Waals surface area (Å²) < 4.78 is 7.16. The van der Waals surface area contributed by atoms with Gasteiger partial charge in [0.15, 0.2) is 0 Å². The number of fused-ring (bicyclic) bond motifs is 1. The number of hydrazine groups is 1. The summed E-state index contributed by atoms with van der Waals surface area (Å²) in [6.07, 6.45) is 0.171. The molecule has 3 rings (SSSR count). The molecule has 1 amide bonds. The van der Waals surface area contributed by atoms with Gasteiger partial charge in [-0.05, 0) is 44.5 Å². The van der Waals surface area contributed by atoms with Crippen LogP contribution < -0.4 is 21.1 Å². The minimum Gasteiger partial charge on any atom is -0.493 e. The number of aromatic nitrogens is 2. The lowest BCUT2D eigenvalue weighted by Crippen LogP contribution is -2.34. The third-order valence-electron chi connectivity index (χ3n) is 4.41. The van der Waals surface area contributed by atoms with Crippen molar-refractivity contribution >= 4 is 22.8 Å². The first-order valence-electron chi connectivity index (χ1n) is 9.24. The number of nitrogens with zero attached hydrogens (tertiary/aromatic N) is 2. The van der Waals surface area contributed by atoms with E-state index >= 15 is 0 Å². The highest BCUT2D eigenvalue weighted by molar-refractivity contribution is 5.80. The van der Waals surface area contributed by atoms with E-state index in [9.17, 15) is 9.59 Å². The Morgan fingerprint density at radius 3 is 2.71 bits per heavy atom. The zero-order chi connectivity index (χ0) is 20.1. The zero-order valence-corrected chi connectivity index (χ0v) is 16.3. The van der Waals surface area contributed by atoms with Gasteiger partial charge in [0.25, 0.3) is 5.56 Å². The molecule has 0 saturated carbocycles. The second-order valence-electron chi connectivity index (χ2n) is 6.54. The molecule has 0 fully saturated rings. The fraction of sp³-hybridized carbons (Fsp3) is 0.286. The van der Waals surface area contributed by atoms with E-state index in [0.717, 1.165) is 16.9 Å². The molecule has 0 radical (unpaired) electrons. The smallest absolute Gasteiger partial charge is 0.262 e. The van der Waals surface area contributed by atoms with E-state index in [-0.39, 0.29) is 24.5 Å². The Hall–Kier alpha value is -3.35. The van der Waals surface area contributed by atoms with Gasteiger partial charge in [-0.1, -0.05) is 29.8 Å². The molecule has 7 nitrogen and oxygen atoms in total. The number of anilines is 1. The molecule has 7 heteroatoms. The molecule has 0 unspecified atom stereocenters. The van der Waals surface area contributed by atoms with Crippen LogP contribution in [0.25, 0.3) is 10.9 Å². The topological polar surface area (TPSA) is 85.2 Å². The highest BCUT2D eigenvalue weighted by Gasteiger charge is 2.10. The Labute approximate surface area is 163 Å². The monoisotopic (exact) mass is 380 g/mol. The standard InChI is InChI=1S/C21H24N4O3/c1-4-25-20(27)16-7-5-6-8-17(16)22-21(25)24-23-19(26)11-12-28-18-10-9-14(2)13-15(18)3/h5-10,13H,4,11-12H2,1-3H3,(H,22,24)(H,23,26). The van der Waals surface area contributed by atoms with Crippen LogP contribution in [0.1, 0.15) is 24.5 Å². The first-order chi connectivity index (χ1) is 13.5. The van der Waals surface area contributed by atoms with Crippen LogP contribution in [-0.2, 0) is 11.3 Å². The summed E-state index contributed by atoms with van der Waals surface area (Å²) in [7, 11) is 0. The Morgan fingerprint density at radius 2 is 1.96 bits per heavy atom. The van der Waals surface area contributed by atoms with Crippen molar-refractivity contribution in [3.8, 4) is 5.75 Å². The van der Waals surface area contributed by atoms with Gasteiger partial charge in [0.1, 0.15) is 5.75 Å². The van der Waals surface area contributed by atoms with E-state index in [1.54, 1.807) is 18.2 Å². The molecule has 146 valence electrons. The molecule has 1 heterocycles. The quantitative estimate of drug-likeness (QED) is 0.616. The van der Waals surface area contributed by atoms with Crippen LogP contribution in [0.2, 0.25) is 0 Å². The number of rotatable bonds is 7. The van der Waals surface area contributed by atoms with Crippen LogP contribution in [0.5, 0.6) is 5.75 Å². The lowest BCUT2D eigenvalue weighted by Gasteiger charge is -2.14. The highest BCUT2D eigenvalue weighted by Crippen LogP contribution is 2.18. The molecule has 0 aliphatic carbocycles. The first-order valence-corrected chi connectivity index (χ1v) is 9.24. The van der Waals surface area contributed by atoms with Gasteiger partial charge in [0.2, 0.25) is 11.9 Å². The number of ether oxygens (including phenoxy) is 1. The maximum atomic E-state index is 12.6. The van der Waals surface area contributed by atoms with Gasteiger partial charge in [0, 0.05) is 6.54 Å². The van der Waals surface area contributed by atoms with E-state index < -0.39 is 0 Å². The minimum absolute atomic E-state index is 0.150. The molecule has 0 aliphatic heterocycles. The number of hydrogen-bond acceptors (Lipinski definition) is 5. The normalized spacial score (nSPS) is 10.7. The molecule has 2 aromatic carbocycles. The van der Waals surface area contributed by atoms with Gasteiger partial charge in [0.05, 0.1) is 23.9 Å². The summed E-state index contributed by atoms with van der Waals surface area (Å²) in [5.74, 6) is 0.812. The van der Waals surface area contributed by atoms with Crippen LogP contribution in [-0.4, -0.2) is 22.1 Å². The summed E-state index contributed by atoms with van der Waals surface area (Å²) in [6.45, 7) is 6.53. The highest BCUT2D eigenvalue weighted by atomic mass is 16.5. The van der Waals surface area contributed by atoms with Gasteiger partial charge < -0.3 is 4.74 Å². The van der Waals surface area contributed by atoms with Crippen LogP contribution in [0.3, 0.4) is 0 Å². The molecule has 0 saturated heterocycles. The summed E-state index contributed by atoms with van der Waals surface area (Å²) in [4.78, 5) is 29.1. The number of carbonyl (C=O) groups is 1. The molecule has 28 heavy (non-hydrogen) atoms. The van der Waals surface area contributed by atoms with Gasteiger partial charge in [-0.25, -0.2) is 4.98 Å². The van der Waals surface area contributed by atoms with E-state index in [0.29, 0.717) is 23.4 Å². The van der Waals surface area contributed by atoms with Crippen molar-refractivity contribution in [2.45, 2.75) is 33.7 Å². The van der Waals surface area contributed by atoms with Crippen molar-refractivity contribution in [2.24, 2.45) is 0 Å². The molecule has 1 aromatic heterocycles. The van der Waals surface area contributed by atoms with Crippen LogP contribution in [0.4, 0.5) is 5.95 Å². The van der Waals surface area contributed by atoms with Crippen molar-refractivity contribution < 1.29 is 9.53 Å². The van der Waals surface area contributed by atoms with Gasteiger partial charge in [-0.3, -0.25) is 25.0 Å². The minimum atomic E-state index is -0.255. The van der Waals surface area contributed by atoms with E-state index in [2.05, 4.69) is 15.8 Å². The molecule has 2 N–H and O–H groups in total. The van der Waals surface area contributed by atoms with Gasteiger partial charge in [-0.2, -0.15) is 0 Å². The molecule has 0 aliphatic rings. The Bertz CT molecular complexity index is 1060. The SMILES string of the molecule is CCn1c(NNC(=O)CCOc2ccc(C)cc2C)nc2ccccc2c1=O. The third kappa shape index (κ3) is 4.31. The van der Waals surface area contributed by atoms with Crippen LogP contribution >= 0.6 is 0 Å². The third-order valence-corrected chi connectivity index (χ3v) is 4.41. The summed E-state index contributed by atoms with van der Waals surface area (Å²) in [6, 6.07) is 13.0. The van der Waals surface area contributed by atoms with Crippen molar-refractivity contribution in [3.05, 3.63) is 63.9 Å². The Morgan fingerprint density at radius 1 is 1.18 bits per heavy atom. The predicted molar refractivity (Wildman–Crippen MR) is 109 cm³/mol. The summed E-state index contributed by atoms with van der Waals surface area (Å²) in [5, 5.41) is 0.545. The maximum Gasteiger partial charge on any atom is 0.262 e. The number of amides is 1. The first kappa shape index (κ1) is 19.4. The molecule has 0 bridgehead atoms. The molecule has 3 aromatic rings. The average Bonchev–Trinajstić information content (AvgIpc) is 2.68. The number of hydrogen-bond donors (Lipinski definition) is 2. The number of aryl methyl sites for hydroxylation is 2. The van der Waals surface area contributed by atoms with Crippen LogP contribution in [0, 0.1) is 13.8 Å². The van der Waals surface area contributed by atoms with Gasteiger partial charge in [-0.15, -0.1) is 0 Å². The second-order valence-corrected chi connectivity index (χ2v) is 6.54. The number of carbonyl (C=O) groups excluding carboxylic acids is 1. The second kappa shape index (κ2) is 8.56. The van der Waals surface area contributed by atoms with Gasteiger partial charge >= 0.3 is 0 Å². The molecular weight excluding hydrogens is 356 g/mol. The Kier molecular flexibility index (Phi) is 5.93. The van der Waals surface area contributed by atoms with Crippen molar-refractivity contribution in [2.75, 3.05) is 12.0 Å². The maximum absolute atomic E-state index is 12.6. The Balaban J connectivity index is 1.60. The van der Waals surface area contributed by atoms with Crippen molar-refractivity contribution in [1.29, 1.82) is 0 Å².